The van der Waals surface area contributed by atoms with Gasteiger partial charge in [0.2, 0.25) is 0 Å². The van der Waals surface area contributed by atoms with E-state index in [9.17, 15) is 0 Å². The average Bonchev–Trinajstić information content (AvgIpc) is 2.97. The van der Waals surface area contributed by atoms with Crippen LogP contribution in [0.1, 0.15) is 30.0 Å². The van der Waals surface area contributed by atoms with Gasteiger partial charge in [-0.15, -0.1) is 0 Å². The quantitative estimate of drug-likeness (QED) is 0.791. The number of benzene rings is 1. The van der Waals surface area contributed by atoms with Crippen LogP contribution in [0.4, 0.5) is 0 Å². The fourth-order valence-electron chi connectivity index (χ4n) is 3.54. The van der Waals surface area contributed by atoms with E-state index >= 15 is 0 Å². The number of piperidine rings is 1. The normalized spacial score (nSPS) is 23.4. The Morgan fingerprint density at radius 2 is 2.29 bits per heavy atom. The Labute approximate surface area is 102 Å². The fraction of sp³-hybridized carbons (Fsp3) is 0.467. The van der Waals surface area contributed by atoms with Gasteiger partial charge < -0.3 is 9.88 Å². The molecule has 2 aliphatic rings. The Kier molecular flexibility index (Phi) is 2.06. The van der Waals surface area contributed by atoms with Gasteiger partial charge in [-0.1, -0.05) is 18.2 Å². The highest BCUT2D eigenvalue weighted by molar-refractivity contribution is 5.86. The molecular formula is C15H18N2. The maximum Gasteiger partial charge on any atom is 0.0515 e. The lowest BCUT2D eigenvalue weighted by Crippen LogP contribution is -2.29. The maximum atomic E-state index is 3.53. The zero-order valence-electron chi connectivity index (χ0n) is 10.1. The number of nitrogens with zero attached hydrogens (tertiary/aromatic N) is 1. The van der Waals surface area contributed by atoms with Crippen molar-refractivity contribution < 1.29 is 0 Å². The van der Waals surface area contributed by atoms with Crippen molar-refractivity contribution in [2.45, 2.75) is 31.7 Å². The predicted molar refractivity (Wildman–Crippen MR) is 70.5 cm³/mol. The van der Waals surface area contributed by atoms with Crippen LogP contribution in [-0.2, 0) is 13.0 Å². The van der Waals surface area contributed by atoms with Crippen LogP contribution in [0.5, 0.6) is 0 Å². The van der Waals surface area contributed by atoms with Gasteiger partial charge in [-0.05, 0) is 37.4 Å². The summed E-state index contributed by atoms with van der Waals surface area (Å²) in [5.41, 5.74) is 4.61. The van der Waals surface area contributed by atoms with Gasteiger partial charge in [0.1, 0.15) is 0 Å². The number of hydrogen-bond donors (Lipinski definition) is 1. The number of para-hydroxylation sites is 1. The first-order valence-electron chi connectivity index (χ1n) is 6.75. The maximum absolute atomic E-state index is 3.53. The van der Waals surface area contributed by atoms with E-state index in [-0.39, 0.29) is 0 Å². The molecule has 2 heteroatoms. The highest BCUT2D eigenvalue weighted by Crippen LogP contribution is 2.34. The zero-order valence-corrected chi connectivity index (χ0v) is 10.1. The van der Waals surface area contributed by atoms with Gasteiger partial charge in [-0.3, -0.25) is 0 Å². The lowest BCUT2D eigenvalue weighted by Gasteiger charge is -2.23. The van der Waals surface area contributed by atoms with E-state index in [0.717, 1.165) is 12.5 Å². The number of hydrogen-bond acceptors (Lipinski definition) is 1. The van der Waals surface area contributed by atoms with E-state index in [2.05, 4.69) is 34.1 Å². The van der Waals surface area contributed by atoms with Gasteiger partial charge >= 0.3 is 0 Å². The Bertz CT molecular complexity index is 562. The van der Waals surface area contributed by atoms with Crippen molar-refractivity contribution in [2.75, 3.05) is 13.1 Å². The first-order valence-corrected chi connectivity index (χ1v) is 6.75. The third-order valence-electron chi connectivity index (χ3n) is 4.36. The van der Waals surface area contributed by atoms with Crippen LogP contribution in [-0.4, -0.2) is 17.7 Å². The second-order valence-electron chi connectivity index (χ2n) is 5.37. The molecule has 0 amide bonds. The van der Waals surface area contributed by atoms with Crippen molar-refractivity contribution >= 4 is 10.9 Å². The standard InChI is InChI=1S/C15H18N2/c1-3-11-6-8-17-14(9-12(4-1)15(11)17)13-5-2-7-16-10-13/h1,3-4,9,13,16H,2,5-8,10H2. The second kappa shape index (κ2) is 3.61. The van der Waals surface area contributed by atoms with E-state index in [1.54, 1.807) is 5.69 Å². The molecule has 4 rings (SSSR count). The molecule has 0 spiro atoms. The van der Waals surface area contributed by atoms with Gasteiger partial charge in [0, 0.05) is 30.1 Å². The summed E-state index contributed by atoms with van der Waals surface area (Å²) in [6.07, 6.45) is 3.89. The third kappa shape index (κ3) is 1.37. The molecule has 1 unspecified atom stereocenters. The summed E-state index contributed by atoms with van der Waals surface area (Å²) in [7, 11) is 0. The molecule has 1 N–H and O–H groups in total. The Morgan fingerprint density at radius 1 is 1.29 bits per heavy atom. The Hall–Kier alpha value is -1.28. The minimum atomic E-state index is 0.724. The number of rotatable bonds is 1. The topological polar surface area (TPSA) is 17.0 Å². The van der Waals surface area contributed by atoms with E-state index in [1.807, 2.05) is 0 Å². The largest absolute Gasteiger partial charge is 0.344 e. The van der Waals surface area contributed by atoms with Gasteiger partial charge in [0.25, 0.3) is 0 Å². The smallest absolute Gasteiger partial charge is 0.0515 e. The summed E-state index contributed by atoms with van der Waals surface area (Å²) >= 11 is 0. The van der Waals surface area contributed by atoms with Crippen molar-refractivity contribution in [3.63, 3.8) is 0 Å². The molecule has 0 bridgehead atoms. The molecule has 2 aromatic rings. The van der Waals surface area contributed by atoms with Crippen molar-refractivity contribution in [1.82, 2.24) is 9.88 Å². The summed E-state index contributed by atoms with van der Waals surface area (Å²) < 4.78 is 2.57. The lowest BCUT2D eigenvalue weighted by molar-refractivity contribution is 0.444. The van der Waals surface area contributed by atoms with Crippen LogP contribution in [0.3, 0.4) is 0 Å². The molecule has 1 fully saturated rings. The number of nitrogens with one attached hydrogen (secondary N) is 1. The Morgan fingerprint density at radius 3 is 3.18 bits per heavy atom. The SMILES string of the molecule is c1cc2c3c(c1)cc(C1CCCNC1)n3CC2. The summed E-state index contributed by atoms with van der Waals surface area (Å²) in [5, 5.41) is 4.98. The van der Waals surface area contributed by atoms with Crippen LogP contribution in [0.2, 0.25) is 0 Å². The molecular weight excluding hydrogens is 208 g/mol. The predicted octanol–water partition coefficient (Wildman–Crippen LogP) is 2.66. The molecule has 2 aliphatic heterocycles. The molecule has 3 heterocycles. The van der Waals surface area contributed by atoms with Gasteiger partial charge in [-0.25, -0.2) is 0 Å². The monoisotopic (exact) mass is 226 g/mol. The van der Waals surface area contributed by atoms with Crippen LogP contribution in [0.15, 0.2) is 24.3 Å². The molecule has 0 aliphatic carbocycles. The van der Waals surface area contributed by atoms with Crippen LogP contribution in [0.25, 0.3) is 10.9 Å². The van der Waals surface area contributed by atoms with E-state index < -0.39 is 0 Å². The highest BCUT2D eigenvalue weighted by Gasteiger charge is 2.24. The summed E-state index contributed by atoms with van der Waals surface area (Å²) in [6, 6.07) is 9.18. The zero-order chi connectivity index (χ0) is 11.2. The molecule has 0 radical (unpaired) electrons. The molecule has 0 saturated carbocycles. The summed E-state index contributed by atoms with van der Waals surface area (Å²) in [5.74, 6) is 0.724. The van der Waals surface area contributed by atoms with Crippen LogP contribution in [0, 0.1) is 0 Å². The molecule has 88 valence electrons. The average molecular weight is 226 g/mol. The van der Waals surface area contributed by atoms with Gasteiger partial charge in [0.05, 0.1) is 5.52 Å². The van der Waals surface area contributed by atoms with Gasteiger partial charge in [0.15, 0.2) is 0 Å². The second-order valence-corrected chi connectivity index (χ2v) is 5.37. The molecule has 1 atom stereocenters. The third-order valence-corrected chi connectivity index (χ3v) is 4.36. The molecule has 1 aromatic heterocycles. The van der Waals surface area contributed by atoms with Crippen molar-refractivity contribution in [2.24, 2.45) is 0 Å². The van der Waals surface area contributed by atoms with Gasteiger partial charge in [-0.2, -0.15) is 0 Å². The van der Waals surface area contributed by atoms with E-state index in [0.29, 0.717) is 0 Å². The highest BCUT2D eigenvalue weighted by atomic mass is 15.0. The minimum Gasteiger partial charge on any atom is -0.344 e. The molecule has 1 saturated heterocycles. The molecule has 2 nitrogen and oxygen atoms in total. The fourth-order valence-corrected chi connectivity index (χ4v) is 3.54. The van der Waals surface area contributed by atoms with Crippen LogP contribution < -0.4 is 5.32 Å². The van der Waals surface area contributed by atoms with Crippen LogP contribution >= 0.6 is 0 Å². The lowest BCUT2D eigenvalue weighted by atomic mass is 9.96. The van der Waals surface area contributed by atoms with Crippen molar-refractivity contribution in [1.29, 1.82) is 0 Å². The first-order chi connectivity index (χ1) is 8.43. The molecule has 1 aromatic carbocycles. The Balaban J connectivity index is 1.87. The number of aryl methyl sites for hydroxylation is 2. The van der Waals surface area contributed by atoms with Crippen molar-refractivity contribution in [3.05, 3.63) is 35.5 Å². The molecule has 17 heavy (non-hydrogen) atoms. The summed E-state index contributed by atoms with van der Waals surface area (Å²) in [6.45, 7) is 3.54. The van der Waals surface area contributed by atoms with E-state index in [1.165, 1.54) is 48.8 Å². The van der Waals surface area contributed by atoms with E-state index in [4.69, 9.17) is 0 Å². The minimum absolute atomic E-state index is 0.724. The van der Waals surface area contributed by atoms with Crippen molar-refractivity contribution in [3.8, 4) is 0 Å². The first kappa shape index (κ1) is 9.72. The number of aromatic nitrogens is 1. The summed E-state index contributed by atoms with van der Waals surface area (Å²) in [4.78, 5) is 0.